The molecule has 0 saturated carbocycles. The van der Waals surface area contributed by atoms with Gasteiger partial charge in [0, 0.05) is 3.57 Å². The molecule has 0 aliphatic rings. The molecule has 0 fully saturated rings. The van der Waals surface area contributed by atoms with Crippen molar-refractivity contribution in [3.63, 3.8) is 0 Å². The van der Waals surface area contributed by atoms with Crippen LogP contribution >= 0.6 is 67.8 Å². The number of carbonyl (C=O) groups is 2. The second-order valence-corrected chi connectivity index (χ2v) is 10.2. The van der Waals surface area contributed by atoms with Crippen molar-refractivity contribution in [2.75, 3.05) is 12.4 Å². The molecule has 0 aliphatic heterocycles. The minimum absolute atomic E-state index is 0.0143. The van der Waals surface area contributed by atoms with Crippen LogP contribution in [0, 0.1) is 10.7 Å². The highest BCUT2D eigenvalue weighted by atomic mass is 127. The first-order chi connectivity index (χ1) is 12.6. The number of carbonyl (C=O) groups excluding carboxylic acids is 2. The van der Waals surface area contributed by atoms with Gasteiger partial charge < -0.3 is 9.47 Å². The number of esters is 2. The first kappa shape index (κ1) is 22.8. The summed E-state index contributed by atoms with van der Waals surface area (Å²) in [5.41, 5.74) is -0.0760. The Kier molecular flexibility index (Phi) is 8.26. The normalized spacial score (nSPS) is 11.1. The summed E-state index contributed by atoms with van der Waals surface area (Å²) in [4.78, 5) is 24.8. The number of ether oxygens (including phenoxy) is 2. The molecular weight excluding hydrogens is 717 g/mol. The molecule has 0 aliphatic carbocycles. The Balaban J connectivity index is 2.22. The van der Waals surface area contributed by atoms with E-state index in [1.54, 1.807) is 6.07 Å². The second-order valence-electron chi connectivity index (χ2n) is 5.06. The summed E-state index contributed by atoms with van der Waals surface area (Å²) in [7, 11) is -4.25. The maximum absolute atomic E-state index is 12.6. The van der Waals surface area contributed by atoms with E-state index in [0.29, 0.717) is 5.75 Å². The molecule has 0 bridgehead atoms. The molecule has 0 saturated heterocycles. The van der Waals surface area contributed by atoms with Gasteiger partial charge in [-0.05, 0) is 92.0 Å². The summed E-state index contributed by atoms with van der Waals surface area (Å²) in [6.07, 6.45) is 0. The van der Waals surface area contributed by atoms with Crippen LogP contribution in [0.3, 0.4) is 0 Å². The predicted molar refractivity (Wildman–Crippen MR) is 123 cm³/mol. The number of halogens is 3. The molecule has 2 rings (SSSR count). The van der Waals surface area contributed by atoms with Crippen LogP contribution in [0.1, 0.15) is 20.7 Å². The first-order valence-corrected chi connectivity index (χ1v) is 12.0. The van der Waals surface area contributed by atoms with Gasteiger partial charge in [-0.15, -0.1) is 0 Å². The summed E-state index contributed by atoms with van der Waals surface area (Å²) in [5, 5.41) is 0. The van der Waals surface area contributed by atoms with Crippen molar-refractivity contribution in [1.29, 1.82) is 0 Å². The largest absolute Gasteiger partial charge is 0.461 e. The van der Waals surface area contributed by atoms with Crippen molar-refractivity contribution in [1.82, 2.24) is 0 Å². The minimum atomic E-state index is -4.25. The lowest BCUT2D eigenvalue weighted by atomic mass is 10.1. The molecule has 0 atom stereocenters. The number of benzene rings is 2. The molecule has 144 valence electrons. The van der Waals surface area contributed by atoms with Gasteiger partial charge in [0.1, 0.15) is 12.4 Å². The average molecular weight is 728 g/mol. The van der Waals surface area contributed by atoms with Gasteiger partial charge in [-0.2, -0.15) is 8.42 Å². The van der Waals surface area contributed by atoms with Gasteiger partial charge in [0.25, 0.3) is 10.1 Å². The zero-order chi connectivity index (χ0) is 20.2. The molecule has 1 N–H and O–H groups in total. The predicted octanol–water partition coefficient (Wildman–Crippen LogP) is 3.76. The molecule has 0 aromatic heterocycles. The summed E-state index contributed by atoms with van der Waals surface area (Å²) in [6, 6.07) is 9.58. The molecule has 0 amide bonds. The quantitative estimate of drug-likeness (QED) is 0.209. The molecule has 27 heavy (non-hydrogen) atoms. The van der Waals surface area contributed by atoms with Gasteiger partial charge in [-0.25, -0.2) is 9.59 Å². The van der Waals surface area contributed by atoms with Gasteiger partial charge in [-0.3, -0.25) is 4.55 Å². The molecule has 0 spiro atoms. The van der Waals surface area contributed by atoms with Crippen LogP contribution in [0.2, 0.25) is 0 Å². The van der Waals surface area contributed by atoms with Crippen molar-refractivity contribution < 1.29 is 32.0 Å². The van der Waals surface area contributed by atoms with E-state index in [1.165, 1.54) is 18.2 Å². The first-order valence-electron chi connectivity index (χ1n) is 7.16. The van der Waals surface area contributed by atoms with Gasteiger partial charge in [0.15, 0.2) is 5.75 Å². The molecule has 0 heterocycles. The van der Waals surface area contributed by atoms with E-state index in [4.69, 9.17) is 14.0 Å². The third-order valence-corrected chi connectivity index (χ3v) is 6.01. The zero-order valence-corrected chi connectivity index (χ0v) is 20.6. The maximum Gasteiger partial charge on any atom is 0.344 e. The molecule has 11 heteroatoms. The minimum Gasteiger partial charge on any atom is -0.461 e. The Labute approximate surface area is 196 Å². The van der Waals surface area contributed by atoms with Crippen molar-refractivity contribution in [2.45, 2.75) is 0 Å². The smallest absolute Gasteiger partial charge is 0.344 e. The Hall–Kier alpha value is -0.520. The summed E-state index contributed by atoms with van der Waals surface area (Å²) < 4.78 is 42.8. The lowest BCUT2D eigenvalue weighted by Gasteiger charge is -2.12. The van der Waals surface area contributed by atoms with Crippen LogP contribution in [0.15, 0.2) is 36.4 Å². The Bertz CT molecular complexity index is 966. The highest BCUT2D eigenvalue weighted by Crippen LogP contribution is 2.30. The fraction of sp³-hybridized carbons (Fsp3) is 0.125. The summed E-state index contributed by atoms with van der Waals surface area (Å²) in [6.45, 7) is -0.534. The standard InChI is InChI=1S/C16H11I3O7S/c17-9-7-12(18)14(13(19)8-9)26-16(21)11-4-2-1-3-10(11)15(20)25-5-6-27(22,23)24/h1-4,7-8H,5-6H2,(H,22,23,24). The van der Waals surface area contributed by atoms with E-state index in [0.717, 1.165) is 10.7 Å². The SMILES string of the molecule is O=C(OCCS(=O)(=O)O)c1ccccc1C(=O)Oc1c(I)cc(I)cc1I. The topological polar surface area (TPSA) is 107 Å². The highest BCUT2D eigenvalue weighted by Gasteiger charge is 2.22. The van der Waals surface area contributed by atoms with Crippen LogP contribution in [-0.4, -0.2) is 37.3 Å². The molecule has 7 nitrogen and oxygen atoms in total. The van der Waals surface area contributed by atoms with E-state index in [9.17, 15) is 18.0 Å². The van der Waals surface area contributed by atoms with Gasteiger partial charge >= 0.3 is 11.9 Å². The molecule has 2 aromatic carbocycles. The summed E-state index contributed by atoms with van der Waals surface area (Å²) >= 11 is 6.26. The lowest BCUT2D eigenvalue weighted by Crippen LogP contribution is -2.19. The van der Waals surface area contributed by atoms with Crippen LogP contribution in [-0.2, 0) is 14.9 Å². The average Bonchev–Trinajstić information content (AvgIpc) is 2.56. The molecule has 2 aromatic rings. The fourth-order valence-corrected chi connectivity index (χ4v) is 6.03. The maximum atomic E-state index is 12.6. The zero-order valence-electron chi connectivity index (χ0n) is 13.3. The lowest BCUT2D eigenvalue weighted by molar-refractivity contribution is 0.0518. The van der Waals surface area contributed by atoms with Crippen molar-refractivity contribution >= 4 is 89.8 Å². The monoisotopic (exact) mass is 728 g/mol. The highest BCUT2D eigenvalue weighted by molar-refractivity contribution is 14.1. The third-order valence-electron chi connectivity index (χ3n) is 3.10. The van der Waals surface area contributed by atoms with Crippen LogP contribution in [0.25, 0.3) is 0 Å². The van der Waals surface area contributed by atoms with E-state index in [-0.39, 0.29) is 11.1 Å². The molecule has 0 unspecified atom stereocenters. The van der Waals surface area contributed by atoms with Crippen LogP contribution in [0.5, 0.6) is 5.75 Å². The van der Waals surface area contributed by atoms with E-state index < -0.39 is 34.4 Å². The van der Waals surface area contributed by atoms with E-state index in [1.807, 2.05) is 12.1 Å². The van der Waals surface area contributed by atoms with Gasteiger partial charge in [-0.1, -0.05) is 12.1 Å². The number of hydrogen-bond donors (Lipinski definition) is 1. The molecule has 0 radical (unpaired) electrons. The van der Waals surface area contributed by atoms with Gasteiger partial charge in [0.05, 0.1) is 18.3 Å². The molecular formula is C16H11I3O7S. The van der Waals surface area contributed by atoms with E-state index >= 15 is 0 Å². The Morgan fingerprint density at radius 1 is 0.963 bits per heavy atom. The van der Waals surface area contributed by atoms with Gasteiger partial charge in [0.2, 0.25) is 0 Å². The van der Waals surface area contributed by atoms with Crippen molar-refractivity contribution in [2.24, 2.45) is 0 Å². The van der Waals surface area contributed by atoms with Crippen LogP contribution < -0.4 is 4.74 Å². The van der Waals surface area contributed by atoms with E-state index in [2.05, 4.69) is 67.8 Å². The summed E-state index contributed by atoms with van der Waals surface area (Å²) in [5.74, 6) is -1.98. The van der Waals surface area contributed by atoms with Crippen LogP contribution in [0.4, 0.5) is 0 Å². The van der Waals surface area contributed by atoms with Crippen molar-refractivity contribution in [3.8, 4) is 5.75 Å². The fourth-order valence-electron chi connectivity index (χ4n) is 1.93. The second kappa shape index (κ2) is 9.80. The number of hydrogen-bond acceptors (Lipinski definition) is 6. The Morgan fingerprint density at radius 2 is 1.48 bits per heavy atom. The third kappa shape index (κ3) is 6.79. The Morgan fingerprint density at radius 3 is 2.00 bits per heavy atom. The number of rotatable bonds is 6. The van der Waals surface area contributed by atoms with Crippen molar-refractivity contribution in [3.05, 3.63) is 58.2 Å².